The fourth-order valence-electron chi connectivity index (χ4n) is 3.49. The number of halogens is 1. The maximum Gasteiger partial charge on any atom is 0.408 e. The number of carbonyl (C=O) groups excluding carboxylic acids is 2. The molecule has 2 aromatic carbocycles. The molecule has 1 aliphatic rings. The number of aldehydes is 1. The van der Waals surface area contributed by atoms with E-state index in [2.05, 4.69) is 5.32 Å². The highest BCUT2D eigenvalue weighted by Gasteiger charge is 2.73. The summed E-state index contributed by atoms with van der Waals surface area (Å²) in [6, 6.07) is 14.5. The van der Waals surface area contributed by atoms with E-state index in [0.29, 0.717) is 16.9 Å². The van der Waals surface area contributed by atoms with E-state index in [1.807, 2.05) is 0 Å². The Balaban J connectivity index is 2.03. The average Bonchev–Trinajstić information content (AvgIpc) is 3.30. The van der Waals surface area contributed by atoms with Crippen LogP contribution in [0.25, 0.3) is 0 Å². The second-order valence-corrected chi connectivity index (χ2v) is 10.5. The third kappa shape index (κ3) is 4.16. The Labute approximate surface area is 175 Å². The molecule has 0 heterocycles. The van der Waals surface area contributed by atoms with Gasteiger partial charge >= 0.3 is 6.09 Å². The third-order valence-electron chi connectivity index (χ3n) is 4.73. The molecule has 0 spiro atoms. The first-order valence-electron chi connectivity index (χ1n) is 9.03. The number of ether oxygens (including phenoxy) is 1. The molecule has 29 heavy (non-hydrogen) atoms. The number of nitrogens with one attached hydrogen (secondary N) is 1. The second-order valence-electron chi connectivity index (χ2n) is 7.99. The van der Waals surface area contributed by atoms with Crippen LogP contribution in [-0.2, 0) is 19.4 Å². The molecule has 0 aromatic heterocycles. The van der Waals surface area contributed by atoms with Crippen molar-refractivity contribution in [3.63, 3.8) is 0 Å². The summed E-state index contributed by atoms with van der Waals surface area (Å²) >= 11 is 5.87. The van der Waals surface area contributed by atoms with Crippen molar-refractivity contribution in [3.8, 4) is 0 Å². The Morgan fingerprint density at radius 2 is 1.69 bits per heavy atom. The van der Waals surface area contributed by atoms with E-state index in [9.17, 15) is 18.0 Å². The molecular formula is C21H22ClNO5S. The molecule has 0 bridgehead atoms. The van der Waals surface area contributed by atoms with E-state index in [1.165, 1.54) is 24.3 Å². The Morgan fingerprint density at radius 1 is 1.10 bits per heavy atom. The van der Waals surface area contributed by atoms with Gasteiger partial charge in [-0.05, 0) is 50.6 Å². The lowest BCUT2D eigenvalue weighted by Gasteiger charge is -2.22. The standard InChI is InChI=1S/C21H22ClNO5S/c1-20(2,3)28-19(25)23-21(13-24)17(14-7-5-4-6-8-14)18(21)29(26,27)16-11-9-15(22)10-12-16/h4-13,17-18H,1-3H3,(H,23,25)/t17-,18+,21-/m1/s1. The van der Waals surface area contributed by atoms with Crippen LogP contribution in [0.3, 0.4) is 0 Å². The van der Waals surface area contributed by atoms with E-state index in [0.717, 1.165) is 0 Å². The molecule has 1 aliphatic carbocycles. The molecular weight excluding hydrogens is 414 g/mol. The van der Waals surface area contributed by atoms with Crippen LogP contribution in [0.15, 0.2) is 59.5 Å². The summed E-state index contributed by atoms with van der Waals surface area (Å²) < 4.78 is 31.9. The zero-order valence-corrected chi connectivity index (χ0v) is 17.8. The van der Waals surface area contributed by atoms with Crippen LogP contribution in [0.4, 0.5) is 4.79 Å². The van der Waals surface area contributed by atoms with E-state index in [4.69, 9.17) is 16.3 Å². The van der Waals surface area contributed by atoms with Crippen LogP contribution in [0.2, 0.25) is 5.02 Å². The van der Waals surface area contributed by atoms with Crippen molar-refractivity contribution in [1.82, 2.24) is 5.32 Å². The minimum Gasteiger partial charge on any atom is -0.444 e. The topological polar surface area (TPSA) is 89.5 Å². The van der Waals surface area contributed by atoms with Gasteiger partial charge in [-0.2, -0.15) is 0 Å². The van der Waals surface area contributed by atoms with Crippen molar-refractivity contribution in [3.05, 3.63) is 65.2 Å². The van der Waals surface area contributed by atoms with Gasteiger partial charge in [-0.15, -0.1) is 0 Å². The van der Waals surface area contributed by atoms with Crippen molar-refractivity contribution in [2.24, 2.45) is 0 Å². The maximum absolute atomic E-state index is 13.3. The van der Waals surface area contributed by atoms with E-state index < -0.39 is 38.2 Å². The first kappa shape index (κ1) is 21.3. The number of amides is 1. The second kappa shape index (κ2) is 7.46. The molecule has 0 radical (unpaired) electrons. The van der Waals surface area contributed by atoms with Crippen molar-refractivity contribution in [2.75, 3.05) is 0 Å². The number of rotatable bonds is 5. The predicted octanol–water partition coefficient (Wildman–Crippen LogP) is 3.74. The summed E-state index contributed by atoms with van der Waals surface area (Å²) in [5.41, 5.74) is -1.78. The average molecular weight is 436 g/mol. The molecule has 1 amide bonds. The van der Waals surface area contributed by atoms with Crippen LogP contribution in [0, 0.1) is 0 Å². The zero-order valence-electron chi connectivity index (χ0n) is 16.3. The normalized spacial score (nSPS) is 23.9. The van der Waals surface area contributed by atoms with Crippen LogP contribution < -0.4 is 5.32 Å². The minimum absolute atomic E-state index is 0.0301. The number of sulfone groups is 1. The molecule has 3 atom stereocenters. The van der Waals surface area contributed by atoms with Crippen LogP contribution in [0.1, 0.15) is 32.3 Å². The first-order valence-corrected chi connectivity index (χ1v) is 11.0. The Bertz CT molecular complexity index is 1020. The van der Waals surface area contributed by atoms with Gasteiger partial charge in [0.1, 0.15) is 22.7 Å². The largest absolute Gasteiger partial charge is 0.444 e. The molecule has 0 unspecified atom stereocenters. The van der Waals surface area contributed by atoms with Gasteiger partial charge in [0.25, 0.3) is 0 Å². The van der Waals surface area contributed by atoms with Gasteiger partial charge in [0.2, 0.25) is 0 Å². The molecule has 1 saturated carbocycles. The molecule has 8 heteroatoms. The highest BCUT2D eigenvalue weighted by atomic mass is 35.5. The summed E-state index contributed by atoms with van der Waals surface area (Å²) in [7, 11) is -3.95. The number of benzene rings is 2. The monoisotopic (exact) mass is 435 g/mol. The molecule has 0 saturated heterocycles. The number of carbonyl (C=O) groups is 2. The van der Waals surface area contributed by atoms with Crippen molar-refractivity contribution >= 4 is 33.8 Å². The quantitative estimate of drug-likeness (QED) is 0.722. The molecule has 6 nitrogen and oxygen atoms in total. The fourth-order valence-corrected chi connectivity index (χ4v) is 5.86. The summed E-state index contributed by atoms with van der Waals surface area (Å²) in [6.45, 7) is 5.05. The van der Waals surface area contributed by atoms with E-state index >= 15 is 0 Å². The van der Waals surface area contributed by atoms with Crippen molar-refractivity contribution in [2.45, 2.75) is 48.0 Å². The van der Waals surface area contributed by atoms with Crippen LogP contribution >= 0.6 is 11.6 Å². The van der Waals surface area contributed by atoms with Gasteiger partial charge in [-0.25, -0.2) is 13.2 Å². The first-order chi connectivity index (χ1) is 13.5. The Hall–Kier alpha value is -2.38. The molecule has 1 fully saturated rings. The molecule has 0 aliphatic heterocycles. The molecule has 3 rings (SSSR count). The van der Waals surface area contributed by atoms with Gasteiger partial charge < -0.3 is 14.8 Å². The zero-order chi connectivity index (χ0) is 21.4. The summed E-state index contributed by atoms with van der Waals surface area (Å²) in [5, 5.41) is 1.76. The smallest absolute Gasteiger partial charge is 0.408 e. The number of hydrogen-bond donors (Lipinski definition) is 1. The maximum atomic E-state index is 13.3. The lowest BCUT2D eigenvalue weighted by Crippen LogP contribution is -2.45. The van der Waals surface area contributed by atoms with Gasteiger partial charge in [0.05, 0.1) is 4.90 Å². The minimum atomic E-state index is -3.95. The number of alkyl carbamates (subject to hydrolysis) is 1. The highest BCUT2D eigenvalue weighted by Crippen LogP contribution is 2.56. The highest BCUT2D eigenvalue weighted by molar-refractivity contribution is 7.92. The fraction of sp³-hybridized carbons (Fsp3) is 0.333. The van der Waals surface area contributed by atoms with Crippen molar-refractivity contribution in [1.29, 1.82) is 0 Å². The Kier molecular flexibility index (Phi) is 5.49. The van der Waals surface area contributed by atoms with Gasteiger partial charge in [-0.1, -0.05) is 41.9 Å². The lowest BCUT2D eigenvalue weighted by atomic mass is 10.1. The predicted molar refractivity (Wildman–Crippen MR) is 110 cm³/mol. The van der Waals surface area contributed by atoms with Crippen LogP contribution in [-0.4, -0.2) is 37.2 Å². The van der Waals surface area contributed by atoms with Crippen molar-refractivity contribution < 1.29 is 22.7 Å². The summed E-state index contributed by atoms with van der Waals surface area (Å²) in [6.07, 6.45) is -0.355. The number of hydrogen-bond acceptors (Lipinski definition) is 5. The van der Waals surface area contributed by atoms with Gasteiger partial charge in [-0.3, -0.25) is 0 Å². The molecule has 1 N–H and O–H groups in total. The Morgan fingerprint density at radius 3 is 2.21 bits per heavy atom. The van der Waals surface area contributed by atoms with Gasteiger partial charge in [0, 0.05) is 10.9 Å². The SMILES string of the molecule is CC(C)(C)OC(=O)N[C@]1(C=O)[C@H](c2ccccc2)[C@@H]1S(=O)(=O)c1ccc(Cl)cc1. The van der Waals surface area contributed by atoms with Crippen LogP contribution in [0.5, 0.6) is 0 Å². The summed E-state index contributed by atoms with van der Waals surface area (Å²) in [4.78, 5) is 24.6. The van der Waals surface area contributed by atoms with E-state index in [-0.39, 0.29) is 4.90 Å². The summed E-state index contributed by atoms with van der Waals surface area (Å²) in [5.74, 6) is -0.741. The van der Waals surface area contributed by atoms with Gasteiger partial charge in [0.15, 0.2) is 9.84 Å². The molecule has 154 valence electrons. The lowest BCUT2D eigenvalue weighted by molar-refractivity contribution is -0.110. The molecule has 2 aromatic rings. The van der Waals surface area contributed by atoms with E-state index in [1.54, 1.807) is 51.1 Å². The third-order valence-corrected chi connectivity index (χ3v) is 7.24.